The molecule has 0 saturated carbocycles. The number of likely N-dealkylation sites (tertiary alicyclic amines) is 1. The molecule has 0 amide bonds. The van der Waals surface area contributed by atoms with E-state index in [1.807, 2.05) is 18.2 Å². The normalized spacial score (nSPS) is 18.8. The van der Waals surface area contributed by atoms with Crippen molar-refractivity contribution in [1.29, 1.82) is 0 Å². The first-order chi connectivity index (χ1) is 16.5. The molecule has 0 bridgehead atoms. The Morgan fingerprint density at radius 3 is 2.91 bits per heavy atom. The van der Waals surface area contributed by atoms with E-state index in [-0.39, 0.29) is 23.9 Å². The fourth-order valence-corrected chi connectivity index (χ4v) is 6.41. The van der Waals surface area contributed by atoms with Gasteiger partial charge in [0.15, 0.2) is 5.78 Å². The van der Waals surface area contributed by atoms with Crippen molar-refractivity contribution in [2.45, 2.75) is 23.5 Å². The van der Waals surface area contributed by atoms with E-state index in [0.29, 0.717) is 40.8 Å². The minimum atomic E-state index is -0.821. The van der Waals surface area contributed by atoms with Crippen LogP contribution in [0, 0.1) is 17.7 Å². The third-order valence-electron chi connectivity index (χ3n) is 6.37. The molecule has 4 rings (SSSR count). The van der Waals surface area contributed by atoms with E-state index in [1.165, 1.54) is 29.2 Å². The molecule has 3 aromatic rings. The van der Waals surface area contributed by atoms with Crippen LogP contribution in [0.3, 0.4) is 0 Å². The monoisotopic (exact) mass is 502 g/mol. The van der Waals surface area contributed by atoms with Crippen LogP contribution >= 0.6 is 23.1 Å². The van der Waals surface area contributed by atoms with Gasteiger partial charge in [0.1, 0.15) is 11.6 Å². The maximum Gasteiger partial charge on any atom is 0.308 e. The van der Waals surface area contributed by atoms with Crippen LogP contribution in [-0.2, 0) is 4.79 Å². The second-order valence-electron chi connectivity index (χ2n) is 8.40. The number of Topliss-reactive ketones (excluding diaryl/α,β-unsaturated/α-hetero) is 1. The van der Waals surface area contributed by atoms with Crippen LogP contribution < -0.4 is 4.74 Å². The van der Waals surface area contributed by atoms with E-state index in [9.17, 15) is 19.1 Å². The van der Waals surface area contributed by atoms with E-state index < -0.39 is 11.9 Å². The predicted molar refractivity (Wildman–Crippen MR) is 133 cm³/mol. The number of aliphatic carboxylic acids is 1. The molecule has 180 valence electrons. The average molecular weight is 503 g/mol. The van der Waals surface area contributed by atoms with Gasteiger partial charge in [-0.25, -0.2) is 4.39 Å². The van der Waals surface area contributed by atoms with Crippen molar-refractivity contribution in [3.8, 4) is 5.75 Å². The quantitative estimate of drug-likeness (QED) is 0.301. The summed E-state index contributed by atoms with van der Waals surface area (Å²) in [6.45, 7) is 1.95. The molecule has 34 heavy (non-hydrogen) atoms. The SMILES string of the molecule is COc1ccc2nccc(C(=O)CCC3CCN(CCSc4sccc4F)CC3C(=O)O)c2c1. The van der Waals surface area contributed by atoms with Gasteiger partial charge < -0.3 is 14.7 Å². The molecule has 1 fully saturated rings. The highest BCUT2D eigenvalue weighted by Gasteiger charge is 2.34. The Kier molecular flexibility index (Phi) is 8.18. The van der Waals surface area contributed by atoms with Crippen molar-refractivity contribution < 1.29 is 23.8 Å². The summed E-state index contributed by atoms with van der Waals surface area (Å²) in [5.41, 5.74) is 1.31. The van der Waals surface area contributed by atoms with Crippen LogP contribution in [0.25, 0.3) is 10.9 Å². The third-order valence-corrected chi connectivity index (χ3v) is 8.54. The van der Waals surface area contributed by atoms with Gasteiger partial charge in [-0.05, 0) is 61.0 Å². The zero-order valence-electron chi connectivity index (χ0n) is 18.9. The zero-order valence-corrected chi connectivity index (χ0v) is 20.5. The number of rotatable bonds is 10. The van der Waals surface area contributed by atoms with Crippen molar-refractivity contribution >= 4 is 45.8 Å². The number of thiophene rings is 1. The first-order valence-electron chi connectivity index (χ1n) is 11.2. The molecule has 1 saturated heterocycles. The molecule has 2 aromatic heterocycles. The van der Waals surface area contributed by atoms with E-state index >= 15 is 0 Å². The molecule has 1 aromatic carbocycles. The van der Waals surface area contributed by atoms with Crippen LogP contribution in [0.1, 0.15) is 29.6 Å². The van der Waals surface area contributed by atoms with E-state index in [4.69, 9.17) is 4.74 Å². The molecule has 0 aliphatic carbocycles. The Hall–Kier alpha value is -2.49. The summed E-state index contributed by atoms with van der Waals surface area (Å²) >= 11 is 2.85. The fourth-order valence-electron chi connectivity index (χ4n) is 4.49. The van der Waals surface area contributed by atoms with Crippen molar-refractivity contribution in [2.24, 2.45) is 11.8 Å². The topological polar surface area (TPSA) is 79.7 Å². The van der Waals surface area contributed by atoms with Gasteiger partial charge in [-0.2, -0.15) is 0 Å². The number of fused-ring (bicyclic) bond motifs is 1. The molecular weight excluding hydrogens is 475 g/mol. The summed E-state index contributed by atoms with van der Waals surface area (Å²) < 4.78 is 19.6. The standard InChI is InChI=1S/C25H27FN2O4S2/c1-32-17-3-4-22-19(14-17)18(6-9-27-22)23(29)5-2-16-7-10-28(15-20(16)24(30)31)11-13-34-25-21(26)8-12-33-25/h3-4,6,8-9,12,14,16,20H,2,5,7,10-11,13,15H2,1H3,(H,30,31). The smallest absolute Gasteiger partial charge is 0.308 e. The molecule has 3 heterocycles. The molecule has 1 N–H and O–H groups in total. The zero-order chi connectivity index (χ0) is 24.1. The van der Waals surface area contributed by atoms with Gasteiger partial charge in [0.05, 0.1) is 22.8 Å². The van der Waals surface area contributed by atoms with Gasteiger partial charge in [-0.1, -0.05) is 0 Å². The number of ether oxygens (including phenoxy) is 1. The molecule has 2 unspecified atom stereocenters. The number of pyridine rings is 1. The van der Waals surface area contributed by atoms with E-state index in [2.05, 4.69) is 9.88 Å². The molecule has 1 aliphatic heterocycles. The third kappa shape index (κ3) is 5.76. The lowest BCUT2D eigenvalue weighted by atomic mass is 9.81. The minimum Gasteiger partial charge on any atom is -0.497 e. The van der Waals surface area contributed by atoms with Gasteiger partial charge in [0.25, 0.3) is 0 Å². The van der Waals surface area contributed by atoms with Crippen molar-refractivity contribution in [1.82, 2.24) is 9.88 Å². The fraction of sp³-hybridized carbons (Fsp3) is 0.400. The largest absolute Gasteiger partial charge is 0.497 e. The van der Waals surface area contributed by atoms with Crippen LogP contribution in [0.4, 0.5) is 4.39 Å². The lowest BCUT2D eigenvalue weighted by Gasteiger charge is -2.36. The number of piperidine rings is 1. The number of methoxy groups -OCH3 is 1. The number of thioether (sulfide) groups is 1. The Morgan fingerprint density at radius 2 is 2.18 bits per heavy atom. The maximum absolute atomic E-state index is 13.6. The minimum absolute atomic E-state index is 0.0124. The van der Waals surface area contributed by atoms with Crippen LogP contribution in [-0.4, -0.2) is 59.2 Å². The highest BCUT2D eigenvalue weighted by molar-refractivity contribution is 8.01. The number of carboxylic acid groups (broad SMARTS) is 1. The number of carbonyl (C=O) groups excluding carboxylic acids is 1. The Morgan fingerprint density at radius 1 is 1.32 bits per heavy atom. The average Bonchev–Trinajstić information content (AvgIpc) is 3.26. The van der Waals surface area contributed by atoms with E-state index in [1.54, 1.807) is 24.8 Å². The molecule has 1 aliphatic rings. The summed E-state index contributed by atoms with van der Waals surface area (Å²) in [5.74, 6) is -0.220. The second-order valence-corrected chi connectivity index (χ2v) is 10.7. The maximum atomic E-state index is 13.6. The summed E-state index contributed by atoms with van der Waals surface area (Å²) in [5, 5.41) is 12.3. The number of hydrogen-bond donors (Lipinski definition) is 1. The second kappa shape index (κ2) is 11.3. The first-order valence-corrected chi connectivity index (χ1v) is 13.1. The van der Waals surface area contributed by atoms with Crippen LogP contribution in [0.15, 0.2) is 46.1 Å². The molecule has 9 heteroatoms. The van der Waals surface area contributed by atoms with Crippen LogP contribution in [0.5, 0.6) is 5.75 Å². The number of aromatic nitrogens is 1. The Balaban J connectivity index is 1.34. The van der Waals surface area contributed by atoms with Crippen molar-refractivity contribution in [3.63, 3.8) is 0 Å². The first kappa shape index (κ1) is 24.6. The molecule has 6 nitrogen and oxygen atoms in total. The lowest BCUT2D eigenvalue weighted by molar-refractivity contribution is -0.146. The number of benzene rings is 1. The van der Waals surface area contributed by atoms with Gasteiger partial charge >= 0.3 is 5.97 Å². The lowest BCUT2D eigenvalue weighted by Crippen LogP contribution is -2.44. The number of carbonyl (C=O) groups is 2. The number of nitrogens with zero attached hydrogens (tertiary/aromatic N) is 2. The van der Waals surface area contributed by atoms with Crippen LogP contribution in [0.2, 0.25) is 0 Å². The molecule has 0 radical (unpaired) electrons. The predicted octanol–water partition coefficient (Wildman–Crippen LogP) is 5.22. The molecule has 2 atom stereocenters. The number of hydrogen-bond acceptors (Lipinski definition) is 7. The van der Waals surface area contributed by atoms with Gasteiger partial charge in [-0.3, -0.25) is 14.6 Å². The van der Waals surface area contributed by atoms with Crippen molar-refractivity contribution in [3.05, 3.63) is 53.3 Å². The number of carboxylic acids is 1. The Bertz CT molecular complexity index is 1170. The molecular formula is C25H27FN2O4S2. The number of halogens is 1. The Labute approximate surface area is 206 Å². The van der Waals surface area contributed by atoms with Gasteiger partial charge in [0, 0.05) is 42.4 Å². The van der Waals surface area contributed by atoms with E-state index in [0.717, 1.165) is 23.9 Å². The molecule has 0 spiro atoms. The highest BCUT2D eigenvalue weighted by atomic mass is 32.2. The summed E-state index contributed by atoms with van der Waals surface area (Å²) in [7, 11) is 1.58. The number of ketones is 1. The summed E-state index contributed by atoms with van der Waals surface area (Å²) in [6.07, 6.45) is 3.18. The summed E-state index contributed by atoms with van der Waals surface area (Å²) in [4.78, 5) is 31.5. The van der Waals surface area contributed by atoms with Gasteiger partial charge in [-0.15, -0.1) is 23.1 Å². The van der Waals surface area contributed by atoms with Crippen molar-refractivity contribution in [2.75, 3.05) is 32.5 Å². The van der Waals surface area contributed by atoms with Gasteiger partial charge in [0.2, 0.25) is 0 Å². The summed E-state index contributed by atoms with van der Waals surface area (Å²) in [6, 6.07) is 8.63. The highest BCUT2D eigenvalue weighted by Crippen LogP contribution is 2.31.